The van der Waals surface area contributed by atoms with E-state index in [2.05, 4.69) is 4.98 Å². The lowest BCUT2D eigenvalue weighted by molar-refractivity contribution is -0.402. The number of nitrogens with zero attached hydrogens (tertiary/aromatic N) is 3. The number of rotatable bonds is 4. The summed E-state index contributed by atoms with van der Waals surface area (Å²) >= 11 is 6.58. The van der Waals surface area contributed by atoms with Crippen LogP contribution in [0.2, 0.25) is 0 Å². The molecule has 11 heteroatoms. The van der Waals surface area contributed by atoms with Gasteiger partial charge in [-0.2, -0.15) is 0 Å². The van der Waals surface area contributed by atoms with Crippen LogP contribution in [0.3, 0.4) is 0 Å². The molecule has 0 fully saturated rings. The predicted molar refractivity (Wildman–Crippen MR) is 72.3 cm³/mol. The molecule has 2 heterocycles. The fourth-order valence-electron chi connectivity index (χ4n) is 1.32. The molecule has 2 aromatic heterocycles. The number of nitrogen functional groups attached to an aromatic ring is 1. The second kappa shape index (κ2) is 5.27. The summed E-state index contributed by atoms with van der Waals surface area (Å²) in [6.45, 7) is 0. The van der Waals surface area contributed by atoms with E-state index in [0.29, 0.717) is 11.3 Å². The highest BCUT2D eigenvalue weighted by molar-refractivity contribution is 7.18. The standard InChI is InChI=1S/C9H5ClN4O5S/c10-5(3-4-1-2-6(19-4)13(15)16)7-8(14(17)18)20-9(11)12-7/h1-3H,(H2,11,12)/b5-3-. The van der Waals surface area contributed by atoms with Crippen LogP contribution in [-0.2, 0) is 0 Å². The quantitative estimate of drug-likeness (QED) is 0.675. The summed E-state index contributed by atoms with van der Waals surface area (Å²) in [5, 5.41) is 20.8. The average Bonchev–Trinajstić information content (AvgIpc) is 2.95. The highest BCUT2D eigenvalue weighted by atomic mass is 35.5. The number of halogens is 1. The molecule has 2 aromatic rings. The first-order valence-corrected chi connectivity index (χ1v) is 6.10. The first kappa shape index (κ1) is 14.0. The van der Waals surface area contributed by atoms with Gasteiger partial charge in [0.1, 0.15) is 10.7 Å². The molecule has 0 aromatic carbocycles. The second-order valence-corrected chi connectivity index (χ2v) is 4.80. The van der Waals surface area contributed by atoms with E-state index in [1.807, 2.05) is 0 Å². The van der Waals surface area contributed by atoms with Crippen LogP contribution >= 0.6 is 22.9 Å². The lowest BCUT2D eigenvalue weighted by atomic mass is 10.3. The molecule has 0 bridgehead atoms. The zero-order valence-electron chi connectivity index (χ0n) is 9.48. The Labute approximate surface area is 119 Å². The molecular weight excluding hydrogens is 312 g/mol. The number of nitrogens with two attached hydrogens (primary N) is 1. The van der Waals surface area contributed by atoms with Gasteiger partial charge in [0.05, 0.1) is 16.0 Å². The van der Waals surface area contributed by atoms with Crippen molar-refractivity contribution in [3.63, 3.8) is 0 Å². The molecule has 20 heavy (non-hydrogen) atoms. The summed E-state index contributed by atoms with van der Waals surface area (Å²) in [4.78, 5) is 23.6. The Hall–Kier alpha value is -2.46. The van der Waals surface area contributed by atoms with Gasteiger partial charge in [-0.1, -0.05) is 11.6 Å². The van der Waals surface area contributed by atoms with Gasteiger partial charge in [0.2, 0.25) is 0 Å². The number of furan rings is 1. The summed E-state index contributed by atoms with van der Waals surface area (Å²) in [7, 11) is 0. The SMILES string of the molecule is Nc1nc(/C(Cl)=C/c2ccc([N+](=O)[O-])o2)c([N+](=O)[O-])s1. The lowest BCUT2D eigenvalue weighted by Crippen LogP contribution is -1.89. The third-order valence-electron chi connectivity index (χ3n) is 2.08. The van der Waals surface area contributed by atoms with E-state index in [1.165, 1.54) is 12.1 Å². The molecule has 0 saturated heterocycles. The predicted octanol–water partition coefficient (Wildman–Crippen LogP) is 2.87. The van der Waals surface area contributed by atoms with E-state index in [1.54, 1.807) is 0 Å². The number of thiazole rings is 1. The van der Waals surface area contributed by atoms with Crippen molar-refractivity contribution in [3.8, 4) is 0 Å². The molecule has 104 valence electrons. The highest BCUT2D eigenvalue weighted by Crippen LogP contribution is 2.36. The molecule has 0 atom stereocenters. The molecule has 0 spiro atoms. The highest BCUT2D eigenvalue weighted by Gasteiger charge is 2.23. The maximum atomic E-state index is 10.8. The molecule has 2 N–H and O–H groups in total. The number of anilines is 1. The number of nitro groups is 2. The molecule has 0 aliphatic rings. The molecule has 0 saturated carbocycles. The third-order valence-corrected chi connectivity index (χ3v) is 3.20. The average molecular weight is 317 g/mol. The van der Waals surface area contributed by atoms with E-state index in [0.717, 1.165) is 6.07 Å². The van der Waals surface area contributed by atoms with Crippen molar-refractivity contribution < 1.29 is 14.3 Å². The van der Waals surface area contributed by atoms with E-state index >= 15 is 0 Å². The van der Waals surface area contributed by atoms with Crippen molar-refractivity contribution in [2.45, 2.75) is 0 Å². The summed E-state index contributed by atoms with van der Waals surface area (Å²) in [5.74, 6) is -0.393. The summed E-state index contributed by atoms with van der Waals surface area (Å²) < 4.78 is 4.86. The van der Waals surface area contributed by atoms with E-state index in [9.17, 15) is 20.2 Å². The minimum Gasteiger partial charge on any atom is -0.401 e. The van der Waals surface area contributed by atoms with Crippen molar-refractivity contribution in [1.29, 1.82) is 0 Å². The zero-order valence-corrected chi connectivity index (χ0v) is 11.1. The van der Waals surface area contributed by atoms with Crippen LogP contribution in [0.25, 0.3) is 11.1 Å². The van der Waals surface area contributed by atoms with Crippen molar-refractivity contribution in [2.75, 3.05) is 5.73 Å². The van der Waals surface area contributed by atoms with Gasteiger partial charge in [0.25, 0.3) is 0 Å². The lowest BCUT2D eigenvalue weighted by Gasteiger charge is -1.92. The van der Waals surface area contributed by atoms with Crippen LogP contribution in [0.5, 0.6) is 0 Å². The monoisotopic (exact) mass is 316 g/mol. The maximum absolute atomic E-state index is 10.8. The first-order valence-electron chi connectivity index (χ1n) is 4.91. The molecule has 0 radical (unpaired) electrons. The first-order chi connectivity index (χ1) is 9.38. The van der Waals surface area contributed by atoms with Gasteiger partial charge >= 0.3 is 10.9 Å². The maximum Gasteiger partial charge on any atom is 0.433 e. The van der Waals surface area contributed by atoms with Crippen molar-refractivity contribution >= 4 is 50.1 Å². The van der Waals surface area contributed by atoms with Gasteiger partial charge in [-0.3, -0.25) is 20.2 Å². The molecular formula is C9H5ClN4O5S. The van der Waals surface area contributed by atoms with Gasteiger partial charge in [0, 0.05) is 6.08 Å². The summed E-state index contributed by atoms with van der Waals surface area (Å²) in [5.41, 5.74) is 5.28. The van der Waals surface area contributed by atoms with Crippen LogP contribution in [0, 0.1) is 20.2 Å². The van der Waals surface area contributed by atoms with Crippen LogP contribution in [-0.4, -0.2) is 14.8 Å². The van der Waals surface area contributed by atoms with E-state index in [4.69, 9.17) is 21.8 Å². The Bertz CT molecular complexity index is 722. The van der Waals surface area contributed by atoms with Crippen LogP contribution in [0.4, 0.5) is 16.0 Å². The molecule has 0 aliphatic carbocycles. The van der Waals surface area contributed by atoms with E-state index in [-0.39, 0.29) is 26.6 Å². The molecule has 9 nitrogen and oxygen atoms in total. The summed E-state index contributed by atoms with van der Waals surface area (Å²) in [6, 6.07) is 2.45. The molecule has 0 amide bonds. The van der Waals surface area contributed by atoms with E-state index < -0.39 is 15.7 Å². The fourth-order valence-corrected chi connectivity index (χ4v) is 2.28. The zero-order chi connectivity index (χ0) is 14.9. The molecule has 0 unspecified atom stereocenters. The second-order valence-electron chi connectivity index (χ2n) is 3.39. The topological polar surface area (TPSA) is 138 Å². The van der Waals surface area contributed by atoms with Gasteiger partial charge in [0.15, 0.2) is 10.8 Å². The smallest absolute Gasteiger partial charge is 0.401 e. The van der Waals surface area contributed by atoms with Gasteiger partial charge in [-0.25, -0.2) is 4.98 Å². The van der Waals surface area contributed by atoms with Gasteiger partial charge < -0.3 is 10.2 Å². The Morgan fingerprint density at radius 2 is 2.10 bits per heavy atom. The Balaban J connectivity index is 2.39. The van der Waals surface area contributed by atoms with Gasteiger partial charge in [-0.05, 0) is 17.4 Å². The number of hydrogen-bond donors (Lipinski definition) is 1. The van der Waals surface area contributed by atoms with Gasteiger partial charge in [-0.15, -0.1) is 0 Å². The van der Waals surface area contributed by atoms with Crippen molar-refractivity contribution in [1.82, 2.24) is 4.98 Å². The van der Waals surface area contributed by atoms with Crippen molar-refractivity contribution in [3.05, 3.63) is 43.8 Å². The Kier molecular flexibility index (Phi) is 3.68. The third kappa shape index (κ3) is 2.75. The van der Waals surface area contributed by atoms with Crippen LogP contribution in [0.1, 0.15) is 11.5 Å². The van der Waals surface area contributed by atoms with Crippen molar-refractivity contribution in [2.24, 2.45) is 0 Å². The minimum atomic E-state index is -0.714. The normalized spacial score (nSPS) is 11.6. The minimum absolute atomic E-state index is 0.0105. The molecule has 2 rings (SSSR count). The molecule has 0 aliphatic heterocycles. The number of hydrogen-bond acceptors (Lipinski definition) is 8. The summed E-state index contributed by atoms with van der Waals surface area (Å²) in [6.07, 6.45) is 1.19. The number of aromatic nitrogens is 1. The largest absolute Gasteiger partial charge is 0.433 e. The Morgan fingerprint density at radius 3 is 2.65 bits per heavy atom. The van der Waals surface area contributed by atoms with Crippen LogP contribution < -0.4 is 5.73 Å². The van der Waals surface area contributed by atoms with Crippen LogP contribution in [0.15, 0.2) is 16.5 Å². The fraction of sp³-hybridized carbons (Fsp3) is 0. The Morgan fingerprint density at radius 1 is 1.40 bits per heavy atom.